The van der Waals surface area contributed by atoms with Gasteiger partial charge in [0.25, 0.3) is 0 Å². The second kappa shape index (κ2) is 15.7. The molecule has 8 rings (SSSR count). The van der Waals surface area contributed by atoms with Crippen molar-refractivity contribution in [2.24, 2.45) is 0 Å². The predicted molar refractivity (Wildman–Crippen MR) is 253 cm³/mol. The molecule has 302 valence electrons. The van der Waals surface area contributed by atoms with Crippen molar-refractivity contribution in [1.29, 1.82) is 0 Å². The van der Waals surface area contributed by atoms with Gasteiger partial charge in [-0.15, -0.1) is 0 Å². The minimum absolute atomic E-state index is 0.0201. The Balaban J connectivity index is 1.32. The van der Waals surface area contributed by atoms with E-state index in [0.29, 0.717) is 33.7 Å². The van der Waals surface area contributed by atoms with Crippen LogP contribution >= 0.6 is 0 Å². The topological polar surface area (TPSA) is 50.9 Å². The van der Waals surface area contributed by atoms with Crippen molar-refractivity contribution in [2.45, 2.75) is 91.6 Å². The molecule has 1 N–H and O–H groups in total. The van der Waals surface area contributed by atoms with Crippen LogP contribution in [0.3, 0.4) is 0 Å². The summed E-state index contributed by atoms with van der Waals surface area (Å²) in [4.78, 5) is 9.96. The van der Waals surface area contributed by atoms with Gasteiger partial charge in [0.2, 0.25) is 0 Å². The largest absolute Gasteiger partial charge is 0.507 e. The number of phenols is 1. The zero-order valence-electron chi connectivity index (χ0n) is 49.8. The molecule has 0 aliphatic rings. The molecule has 0 aliphatic heterocycles. The van der Waals surface area contributed by atoms with E-state index in [4.69, 9.17) is 25.5 Å². The number of aromatic hydroxyl groups is 1. The van der Waals surface area contributed by atoms with Crippen molar-refractivity contribution in [3.8, 4) is 67.5 Å². The van der Waals surface area contributed by atoms with Gasteiger partial charge >= 0.3 is 0 Å². The molecule has 4 nitrogen and oxygen atoms in total. The van der Waals surface area contributed by atoms with Gasteiger partial charge in [0.15, 0.2) is 0 Å². The van der Waals surface area contributed by atoms with Gasteiger partial charge in [-0.05, 0) is 127 Å². The highest BCUT2D eigenvalue weighted by atomic mass is 16.3. The van der Waals surface area contributed by atoms with E-state index in [1.807, 2.05) is 111 Å². The Morgan fingerprint density at radius 1 is 0.617 bits per heavy atom. The summed E-state index contributed by atoms with van der Waals surface area (Å²) >= 11 is 0. The first-order chi connectivity index (χ1) is 34.6. The van der Waals surface area contributed by atoms with Gasteiger partial charge in [0.1, 0.15) is 11.6 Å². The van der Waals surface area contributed by atoms with Crippen molar-refractivity contribution in [3.05, 3.63) is 168 Å². The lowest BCUT2D eigenvalue weighted by Gasteiger charge is -2.22. The predicted octanol–water partition coefficient (Wildman–Crippen LogP) is 15.3. The van der Waals surface area contributed by atoms with E-state index in [9.17, 15) is 5.11 Å². The average Bonchev–Trinajstić information content (AvgIpc) is 3.70. The second-order valence-electron chi connectivity index (χ2n) is 16.7. The molecular formula is C56H57N3O. The van der Waals surface area contributed by atoms with Crippen LogP contribution in [0.2, 0.25) is 0 Å². The smallest absolute Gasteiger partial charge is 0.149 e. The summed E-state index contributed by atoms with van der Waals surface area (Å²) in [5, 5.41) is 11.3. The third-order valence-electron chi connectivity index (χ3n) is 10.8. The summed E-state index contributed by atoms with van der Waals surface area (Å²) in [6.45, 7) is 2.06. The van der Waals surface area contributed by atoms with E-state index in [1.165, 1.54) is 12.3 Å². The molecule has 2 aromatic heterocycles. The van der Waals surface area contributed by atoms with Crippen molar-refractivity contribution < 1.29 is 25.7 Å². The molecule has 0 aliphatic carbocycles. The Morgan fingerprint density at radius 3 is 1.92 bits per heavy atom. The Morgan fingerprint density at radius 2 is 1.27 bits per heavy atom. The number of hydrogen-bond acceptors (Lipinski definition) is 3. The third-order valence-corrected chi connectivity index (χ3v) is 10.8. The molecule has 0 saturated carbocycles. The number of nitrogens with zero attached hydrogens (tertiary/aromatic N) is 3. The minimum Gasteiger partial charge on any atom is -0.507 e. The first-order valence-electron chi connectivity index (χ1n) is 27.4. The first kappa shape index (κ1) is 26.1. The molecule has 6 aromatic carbocycles. The lowest BCUT2D eigenvalue weighted by atomic mass is 9.83. The van der Waals surface area contributed by atoms with Crippen LogP contribution in [0.5, 0.6) is 5.75 Å². The summed E-state index contributed by atoms with van der Waals surface area (Å²) in [6.07, 6.45) is 1.42. The Hall–Kier alpha value is -6.26. The lowest BCUT2D eigenvalue weighted by Crippen LogP contribution is -2.11. The Kier molecular flexibility index (Phi) is 6.83. The number of benzene rings is 6. The highest BCUT2D eigenvalue weighted by molar-refractivity contribution is 5.97. The molecule has 0 saturated heterocycles. The molecule has 0 bridgehead atoms. The normalized spacial score (nSPS) is 16.8. The number of hydrogen-bond donors (Lipinski definition) is 1. The summed E-state index contributed by atoms with van der Waals surface area (Å²) < 4.78 is 130. The maximum Gasteiger partial charge on any atom is 0.149 e. The lowest BCUT2D eigenvalue weighted by molar-refractivity contribution is 0.477. The van der Waals surface area contributed by atoms with Gasteiger partial charge in [-0.25, -0.2) is 4.98 Å². The molecule has 0 spiro atoms. The van der Waals surface area contributed by atoms with E-state index in [2.05, 4.69) is 31.8 Å². The molecular weight excluding hydrogens is 731 g/mol. The van der Waals surface area contributed by atoms with E-state index in [1.54, 1.807) is 24.3 Å². The van der Waals surface area contributed by atoms with Crippen LogP contribution in [0.4, 0.5) is 0 Å². The molecule has 0 radical (unpaired) electrons. The van der Waals surface area contributed by atoms with Crippen LogP contribution in [0.25, 0.3) is 72.7 Å². The maximum atomic E-state index is 11.3. The van der Waals surface area contributed by atoms with Crippen molar-refractivity contribution in [3.63, 3.8) is 0 Å². The van der Waals surface area contributed by atoms with Crippen LogP contribution in [-0.4, -0.2) is 19.6 Å². The summed E-state index contributed by atoms with van der Waals surface area (Å²) in [7, 11) is 0. The standard InChI is InChI=1S/C56H57N3O/c1-35(2)45-16-13-17-46(36(3)4)52(45)38-23-27-44(28-24-38)59-50-19-14-18-47(53(50)58-54(59)48-15-11-12-20-51(48)60)40-31-41(33-43(32-40)56(8,9)10)49-34-39(29-30-57-49)37-21-25-42(26-22-37)55(5,6)7/h11-36,60H,1-10H3/i5D3,6D3,7D3,21D,22D,25D,26D,35D,36D. The van der Waals surface area contributed by atoms with E-state index in [-0.39, 0.29) is 16.9 Å². The summed E-state index contributed by atoms with van der Waals surface area (Å²) in [5.74, 6) is -1.43. The van der Waals surface area contributed by atoms with Gasteiger partial charge in [-0.3, -0.25) is 9.55 Å². The second-order valence-corrected chi connectivity index (χ2v) is 16.7. The molecule has 2 heterocycles. The Bertz CT molecular complexity index is 3420. The molecule has 4 heteroatoms. The van der Waals surface area contributed by atoms with Crippen LogP contribution in [-0.2, 0) is 10.8 Å². The number of fused-ring (bicyclic) bond motifs is 1. The number of phenolic OH excluding ortho intramolecular Hbond substituents is 1. The molecule has 8 aromatic rings. The first-order valence-corrected chi connectivity index (χ1v) is 19.9. The third kappa shape index (κ3) is 7.79. The number of para-hydroxylation sites is 2. The zero-order valence-corrected chi connectivity index (χ0v) is 34.8. The quantitative estimate of drug-likeness (QED) is 0.166. The monoisotopic (exact) mass is 803 g/mol. The average molecular weight is 803 g/mol. The highest BCUT2D eigenvalue weighted by Crippen LogP contribution is 2.41. The van der Waals surface area contributed by atoms with Crippen molar-refractivity contribution in [2.75, 3.05) is 0 Å². The zero-order chi connectivity index (χ0) is 55.3. The molecule has 60 heavy (non-hydrogen) atoms. The molecule has 0 fully saturated rings. The van der Waals surface area contributed by atoms with Gasteiger partial charge in [0, 0.05) is 38.1 Å². The number of imidazole rings is 1. The van der Waals surface area contributed by atoms with Gasteiger partial charge < -0.3 is 5.11 Å². The van der Waals surface area contributed by atoms with Crippen molar-refractivity contribution in [1.82, 2.24) is 14.5 Å². The fourth-order valence-corrected chi connectivity index (χ4v) is 7.66. The number of aromatic nitrogens is 3. The molecule has 0 unspecified atom stereocenters. The molecule has 0 amide bonds. The van der Waals surface area contributed by atoms with Crippen LogP contribution in [0.1, 0.15) is 124 Å². The van der Waals surface area contributed by atoms with E-state index >= 15 is 0 Å². The minimum atomic E-state index is -3.81. The fraction of sp³-hybridized carbons (Fsp3) is 0.250. The number of pyridine rings is 1. The fourth-order valence-electron chi connectivity index (χ4n) is 7.66. The molecule has 0 atom stereocenters. The SMILES string of the molecule is [2H]c1c([2H])c(C(C([2H])([2H])[2H])(C([2H])([2H])[2H])C([2H])([2H])[2H])c([2H])c([2H])c1-c1ccnc(-c2cc(-c3cccc4c3nc(-c3ccccc3O)n4-c3ccc(-c4c(C([2H])(C)C)cccc4C([2H])(C)C)cc3)cc(C(C)(C)C)c2)c1. The number of rotatable bonds is 8. The van der Waals surface area contributed by atoms with Crippen LogP contribution in [0.15, 0.2) is 146 Å². The van der Waals surface area contributed by atoms with Crippen LogP contribution < -0.4 is 0 Å². The maximum absolute atomic E-state index is 11.3. The summed E-state index contributed by atoms with van der Waals surface area (Å²) in [5.41, 5.74) is 3.49. The van der Waals surface area contributed by atoms with Crippen LogP contribution in [0, 0.1) is 0 Å². The van der Waals surface area contributed by atoms with E-state index in [0.717, 1.165) is 44.6 Å². The summed E-state index contributed by atoms with van der Waals surface area (Å²) in [6, 6.07) is 31.5. The van der Waals surface area contributed by atoms with Gasteiger partial charge in [-0.2, -0.15) is 0 Å². The van der Waals surface area contributed by atoms with Gasteiger partial charge in [0.05, 0.1) is 27.8 Å². The van der Waals surface area contributed by atoms with Gasteiger partial charge in [-0.1, -0.05) is 154 Å². The Labute approximate surface area is 377 Å². The highest BCUT2D eigenvalue weighted by Gasteiger charge is 2.23. The van der Waals surface area contributed by atoms with Crippen molar-refractivity contribution >= 4 is 11.0 Å². The van der Waals surface area contributed by atoms with E-state index < -0.39 is 72.9 Å².